The van der Waals surface area contributed by atoms with E-state index in [9.17, 15) is 9.59 Å². The number of benzene rings is 2. The number of amides is 2. The van der Waals surface area contributed by atoms with Crippen molar-refractivity contribution in [2.45, 2.75) is 25.8 Å². The van der Waals surface area contributed by atoms with Crippen molar-refractivity contribution < 1.29 is 14.3 Å². The zero-order valence-corrected chi connectivity index (χ0v) is 17.3. The van der Waals surface area contributed by atoms with Gasteiger partial charge in [0.1, 0.15) is 5.56 Å². The van der Waals surface area contributed by atoms with Gasteiger partial charge in [0.15, 0.2) is 5.75 Å². The van der Waals surface area contributed by atoms with E-state index < -0.39 is 0 Å². The van der Waals surface area contributed by atoms with Crippen molar-refractivity contribution in [2.75, 3.05) is 20.2 Å². The number of carbonyl (C=O) groups excluding carboxylic acids is 2. The largest absolute Gasteiger partial charge is 0.494 e. The second kappa shape index (κ2) is 8.84. The van der Waals surface area contributed by atoms with E-state index >= 15 is 0 Å². The maximum absolute atomic E-state index is 12.7. The molecule has 28 heavy (non-hydrogen) atoms. The molecule has 2 amide bonds. The van der Waals surface area contributed by atoms with Crippen LogP contribution < -0.4 is 10.1 Å². The van der Waals surface area contributed by atoms with Crippen LogP contribution in [0.2, 0.25) is 10.0 Å². The summed E-state index contributed by atoms with van der Waals surface area (Å²) in [6, 6.07) is 10.7. The molecule has 1 fully saturated rings. The highest BCUT2D eigenvalue weighted by Gasteiger charge is 2.27. The Morgan fingerprint density at radius 1 is 1.04 bits per heavy atom. The summed E-state index contributed by atoms with van der Waals surface area (Å²) in [7, 11) is 1.45. The van der Waals surface area contributed by atoms with E-state index in [0.717, 1.165) is 5.56 Å². The van der Waals surface area contributed by atoms with Crippen molar-refractivity contribution in [1.29, 1.82) is 0 Å². The van der Waals surface area contributed by atoms with Gasteiger partial charge >= 0.3 is 0 Å². The number of nitrogens with zero attached hydrogens (tertiary/aromatic N) is 1. The molecule has 0 spiro atoms. The van der Waals surface area contributed by atoms with Crippen molar-refractivity contribution in [2.24, 2.45) is 0 Å². The summed E-state index contributed by atoms with van der Waals surface area (Å²) in [5.74, 6) is -0.0457. The molecule has 0 aromatic heterocycles. The average molecular weight is 421 g/mol. The summed E-state index contributed by atoms with van der Waals surface area (Å²) in [6.07, 6.45) is 1.34. The van der Waals surface area contributed by atoms with Gasteiger partial charge < -0.3 is 15.0 Å². The quantitative estimate of drug-likeness (QED) is 0.799. The monoisotopic (exact) mass is 420 g/mol. The Morgan fingerprint density at radius 2 is 1.64 bits per heavy atom. The lowest BCUT2D eigenvalue weighted by Gasteiger charge is -2.32. The van der Waals surface area contributed by atoms with E-state index in [1.54, 1.807) is 12.1 Å². The summed E-state index contributed by atoms with van der Waals surface area (Å²) in [5, 5.41) is 3.60. The average Bonchev–Trinajstić information content (AvgIpc) is 2.70. The minimum atomic E-state index is -0.326. The molecule has 2 aromatic rings. The predicted octanol–water partition coefficient (Wildman–Crippen LogP) is 4.35. The van der Waals surface area contributed by atoms with Gasteiger partial charge in [0, 0.05) is 24.7 Å². The van der Waals surface area contributed by atoms with Crippen LogP contribution in [0, 0.1) is 6.92 Å². The molecule has 3 rings (SSSR count). The van der Waals surface area contributed by atoms with Crippen LogP contribution in [0.25, 0.3) is 0 Å². The normalized spacial score (nSPS) is 14.6. The van der Waals surface area contributed by atoms with E-state index in [1.165, 1.54) is 7.11 Å². The third kappa shape index (κ3) is 4.42. The van der Waals surface area contributed by atoms with E-state index in [4.69, 9.17) is 27.9 Å². The van der Waals surface area contributed by atoms with Crippen molar-refractivity contribution in [3.05, 3.63) is 63.1 Å². The molecule has 5 nitrogen and oxygen atoms in total. The molecule has 0 bridgehead atoms. The van der Waals surface area contributed by atoms with Gasteiger partial charge in [-0.25, -0.2) is 0 Å². The number of ether oxygens (including phenoxy) is 1. The molecule has 1 saturated heterocycles. The van der Waals surface area contributed by atoms with Gasteiger partial charge in [0.25, 0.3) is 11.8 Å². The van der Waals surface area contributed by atoms with Crippen molar-refractivity contribution in [3.63, 3.8) is 0 Å². The second-order valence-electron chi connectivity index (χ2n) is 6.84. The molecule has 2 aromatic carbocycles. The van der Waals surface area contributed by atoms with Crippen LogP contribution in [0.3, 0.4) is 0 Å². The third-order valence-corrected chi connectivity index (χ3v) is 5.52. The SMILES string of the molecule is COc1c(Cl)ccc(Cl)c1C(=O)NC1CCN(C(=O)c2ccc(C)cc2)CC1. The van der Waals surface area contributed by atoms with E-state index in [0.29, 0.717) is 36.5 Å². The zero-order chi connectivity index (χ0) is 20.3. The second-order valence-corrected chi connectivity index (χ2v) is 7.66. The lowest BCUT2D eigenvalue weighted by molar-refractivity contribution is 0.0698. The maximum atomic E-state index is 12.7. The number of hydrogen-bond donors (Lipinski definition) is 1. The Bertz CT molecular complexity index is 876. The molecule has 1 aliphatic heterocycles. The van der Waals surface area contributed by atoms with E-state index in [2.05, 4.69) is 5.32 Å². The topological polar surface area (TPSA) is 58.6 Å². The van der Waals surface area contributed by atoms with Crippen LogP contribution >= 0.6 is 23.2 Å². The van der Waals surface area contributed by atoms with Crippen LogP contribution in [0.4, 0.5) is 0 Å². The fraction of sp³-hybridized carbons (Fsp3) is 0.333. The number of carbonyl (C=O) groups is 2. The molecule has 1 heterocycles. The van der Waals surface area contributed by atoms with Crippen molar-refractivity contribution >= 4 is 35.0 Å². The summed E-state index contributed by atoms with van der Waals surface area (Å²) >= 11 is 12.3. The van der Waals surface area contributed by atoms with E-state index in [-0.39, 0.29) is 34.2 Å². The predicted molar refractivity (Wildman–Crippen MR) is 111 cm³/mol. The Balaban J connectivity index is 1.62. The number of methoxy groups -OCH3 is 1. The first kappa shape index (κ1) is 20.5. The number of likely N-dealkylation sites (tertiary alicyclic amines) is 1. The summed E-state index contributed by atoms with van der Waals surface area (Å²) < 4.78 is 5.24. The van der Waals surface area contributed by atoms with Gasteiger partial charge in [-0.2, -0.15) is 0 Å². The van der Waals surface area contributed by atoms with Gasteiger partial charge in [-0.05, 0) is 44.0 Å². The first-order chi connectivity index (χ1) is 13.4. The first-order valence-electron chi connectivity index (χ1n) is 9.09. The molecule has 148 valence electrons. The van der Waals surface area contributed by atoms with Crippen LogP contribution in [0.1, 0.15) is 39.1 Å². The molecular weight excluding hydrogens is 399 g/mol. The third-order valence-electron chi connectivity index (χ3n) is 4.91. The van der Waals surface area contributed by atoms with Crippen LogP contribution in [0.15, 0.2) is 36.4 Å². The Morgan fingerprint density at radius 3 is 2.25 bits per heavy atom. The van der Waals surface area contributed by atoms with Gasteiger partial charge in [-0.3, -0.25) is 9.59 Å². The highest BCUT2D eigenvalue weighted by atomic mass is 35.5. The van der Waals surface area contributed by atoms with Gasteiger partial charge in [0.2, 0.25) is 0 Å². The molecule has 1 N–H and O–H groups in total. The summed E-state index contributed by atoms with van der Waals surface area (Å²) in [5.41, 5.74) is 2.03. The molecule has 0 aliphatic carbocycles. The van der Waals surface area contributed by atoms with Gasteiger partial charge in [-0.15, -0.1) is 0 Å². The molecule has 0 saturated carbocycles. The molecular formula is C21H22Cl2N2O3. The summed E-state index contributed by atoms with van der Waals surface area (Å²) in [6.45, 7) is 3.15. The maximum Gasteiger partial charge on any atom is 0.256 e. The lowest BCUT2D eigenvalue weighted by atomic mass is 10.0. The Kier molecular flexibility index (Phi) is 6.47. The molecule has 0 radical (unpaired) electrons. The van der Waals surface area contributed by atoms with E-state index in [1.807, 2.05) is 36.1 Å². The molecule has 0 atom stereocenters. The smallest absolute Gasteiger partial charge is 0.256 e. The lowest BCUT2D eigenvalue weighted by Crippen LogP contribution is -2.46. The van der Waals surface area contributed by atoms with Crippen molar-refractivity contribution in [1.82, 2.24) is 10.2 Å². The van der Waals surface area contributed by atoms with Crippen LogP contribution in [0.5, 0.6) is 5.75 Å². The van der Waals surface area contributed by atoms with Gasteiger partial charge in [0.05, 0.1) is 17.2 Å². The van der Waals surface area contributed by atoms with Gasteiger partial charge in [-0.1, -0.05) is 40.9 Å². The number of rotatable bonds is 4. The Hall–Kier alpha value is -2.24. The highest BCUT2D eigenvalue weighted by Crippen LogP contribution is 2.34. The Labute approximate surface area is 174 Å². The summed E-state index contributed by atoms with van der Waals surface area (Å²) in [4.78, 5) is 27.2. The van der Waals surface area contributed by atoms with Crippen molar-refractivity contribution in [3.8, 4) is 5.75 Å². The molecule has 7 heteroatoms. The van der Waals surface area contributed by atoms with Crippen LogP contribution in [-0.4, -0.2) is 43.0 Å². The minimum absolute atomic E-state index is 0.0179. The molecule has 0 unspecified atom stereocenters. The fourth-order valence-corrected chi connectivity index (χ4v) is 3.78. The first-order valence-corrected chi connectivity index (χ1v) is 9.85. The zero-order valence-electron chi connectivity index (χ0n) is 15.8. The van der Waals surface area contributed by atoms with Crippen LogP contribution in [-0.2, 0) is 0 Å². The number of hydrogen-bond acceptors (Lipinski definition) is 3. The minimum Gasteiger partial charge on any atom is -0.494 e. The number of aryl methyl sites for hydroxylation is 1. The number of halogens is 2. The standard InChI is InChI=1S/C21H22Cl2N2O3/c1-13-3-5-14(6-4-13)21(27)25-11-9-15(10-12-25)24-20(26)18-16(22)7-8-17(23)19(18)28-2/h3-8,15H,9-12H2,1-2H3,(H,24,26). The highest BCUT2D eigenvalue weighted by molar-refractivity contribution is 6.37. The number of piperidine rings is 1. The molecule has 1 aliphatic rings. The number of nitrogens with one attached hydrogen (secondary N) is 1. The fourth-order valence-electron chi connectivity index (χ4n) is 3.31.